The van der Waals surface area contributed by atoms with Crippen LogP contribution in [0.4, 0.5) is 0 Å². The number of morpholine rings is 1. The number of nitrogens with one attached hydrogen (secondary N) is 2. The normalized spacial score (nSPS) is 25.5. The Morgan fingerprint density at radius 1 is 1.04 bits per heavy atom. The molecule has 0 unspecified atom stereocenters. The molecule has 2 N–H and O–H groups in total. The number of fused-ring (bicyclic) bond motifs is 6. The second-order valence-corrected chi connectivity index (χ2v) is 16.1. The Bertz CT molecular complexity index is 1920. The molecule has 2 fully saturated rings. The van der Waals surface area contributed by atoms with E-state index in [1.54, 1.807) is 12.0 Å². The summed E-state index contributed by atoms with van der Waals surface area (Å²) < 4.78 is 42.5. The van der Waals surface area contributed by atoms with Crippen LogP contribution in [0.1, 0.15) is 75.5 Å². The summed E-state index contributed by atoms with van der Waals surface area (Å²) in [6, 6.07) is 5.82. The number of carbonyl (C=O) groups is 3. The Labute approximate surface area is 287 Å². The summed E-state index contributed by atoms with van der Waals surface area (Å²) in [5.41, 5.74) is 5.87. The Morgan fingerprint density at radius 3 is 2.43 bits per heavy atom. The SMILES string of the molecule is COc1ccc(C2CCCCC2)c2c1cc1n2CC2=C(C(=O)NS(=O)(=O)N(C)C)C2=C2C=CC[C@@H](NC(=O)C(=O)N3C[C@@H](C)O[C@@H](C)C3)[C@H]21. The maximum absolute atomic E-state index is 13.7. The predicted octanol–water partition coefficient (Wildman–Crippen LogP) is 3.40. The molecule has 12 nitrogen and oxygen atoms in total. The highest BCUT2D eigenvalue weighted by Crippen LogP contribution is 2.54. The van der Waals surface area contributed by atoms with Gasteiger partial charge in [-0.15, -0.1) is 0 Å². The van der Waals surface area contributed by atoms with Crippen LogP contribution in [-0.2, 0) is 35.9 Å². The van der Waals surface area contributed by atoms with Gasteiger partial charge in [0.25, 0.3) is 5.91 Å². The third-order valence-corrected chi connectivity index (χ3v) is 12.0. The molecule has 1 saturated carbocycles. The minimum absolute atomic E-state index is 0.180. The van der Waals surface area contributed by atoms with Gasteiger partial charge < -0.3 is 24.3 Å². The predicted molar refractivity (Wildman–Crippen MR) is 184 cm³/mol. The van der Waals surface area contributed by atoms with Crippen LogP contribution in [0, 0.1) is 0 Å². The van der Waals surface area contributed by atoms with E-state index in [0.717, 1.165) is 63.5 Å². The summed E-state index contributed by atoms with van der Waals surface area (Å²) in [5.74, 6) is -1.27. The first-order valence-corrected chi connectivity index (χ1v) is 18.7. The topological polar surface area (TPSA) is 139 Å². The maximum Gasteiger partial charge on any atom is 0.312 e. The van der Waals surface area contributed by atoms with Gasteiger partial charge in [-0.3, -0.25) is 14.4 Å². The average molecular weight is 692 g/mol. The highest BCUT2D eigenvalue weighted by Gasteiger charge is 2.47. The van der Waals surface area contributed by atoms with Crippen molar-refractivity contribution in [1.82, 2.24) is 23.8 Å². The zero-order chi connectivity index (χ0) is 34.8. The standard InChI is InChI=1S/C36H45N5O7S/c1-20-17-40(18-21(2)48-20)36(44)35(43)37-27-13-9-12-24-30-26(32(30)34(42)38-49(45,46)39(3)4)19-41-28(31(24)27)16-25-29(47-5)15-14-23(33(25)41)22-10-7-6-8-11-22/h9,12,14-16,20-22,27,31H,6-8,10-11,13,17-19H2,1-5H3,(H,37,43)(H,38,42)/t20-,21+,27-,31+/m1/s1. The Hall–Kier alpha value is -3.94. The van der Waals surface area contributed by atoms with E-state index in [2.05, 4.69) is 26.7 Å². The molecule has 7 rings (SSSR count). The smallest absolute Gasteiger partial charge is 0.312 e. The molecule has 2 aromatic rings. The van der Waals surface area contributed by atoms with Crippen molar-refractivity contribution in [3.05, 3.63) is 63.9 Å². The highest BCUT2D eigenvalue weighted by atomic mass is 32.2. The number of aromatic nitrogens is 1. The second-order valence-electron chi connectivity index (χ2n) is 14.2. The van der Waals surface area contributed by atoms with Gasteiger partial charge in [-0.05, 0) is 73.4 Å². The number of rotatable bonds is 6. The molecule has 3 heterocycles. The molecule has 1 aromatic heterocycles. The molecule has 3 amide bonds. The average Bonchev–Trinajstić information content (AvgIpc) is 3.70. The summed E-state index contributed by atoms with van der Waals surface area (Å²) in [6.45, 7) is 4.80. The summed E-state index contributed by atoms with van der Waals surface area (Å²) in [4.78, 5) is 42.3. The third kappa shape index (κ3) is 5.99. The number of ether oxygens (including phenoxy) is 2. The van der Waals surface area contributed by atoms with Crippen LogP contribution in [-0.4, -0.2) is 92.5 Å². The molecule has 49 heavy (non-hydrogen) atoms. The number of methoxy groups -OCH3 is 1. The first-order valence-electron chi connectivity index (χ1n) is 17.2. The van der Waals surface area contributed by atoms with Crippen LogP contribution in [0.25, 0.3) is 10.9 Å². The number of benzene rings is 1. The van der Waals surface area contributed by atoms with Gasteiger partial charge in [0.15, 0.2) is 0 Å². The number of nitrogens with zero attached hydrogens (tertiary/aromatic N) is 3. The minimum Gasteiger partial charge on any atom is -0.496 e. The van der Waals surface area contributed by atoms with Crippen molar-refractivity contribution in [3.63, 3.8) is 0 Å². The molecule has 0 spiro atoms. The number of hydrogen-bond donors (Lipinski definition) is 2. The number of allylic oxidation sites excluding steroid dienone is 2. The van der Waals surface area contributed by atoms with E-state index in [-0.39, 0.29) is 12.2 Å². The van der Waals surface area contributed by atoms with Crippen LogP contribution >= 0.6 is 0 Å². The lowest BCUT2D eigenvalue weighted by Gasteiger charge is -2.36. The van der Waals surface area contributed by atoms with E-state index < -0.39 is 39.9 Å². The summed E-state index contributed by atoms with van der Waals surface area (Å²) in [6.07, 6.45) is 9.74. The minimum atomic E-state index is -4.03. The van der Waals surface area contributed by atoms with Gasteiger partial charge in [0.1, 0.15) is 5.75 Å². The molecule has 0 bridgehead atoms. The lowest BCUT2D eigenvalue weighted by molar-refractivity contribution is -0.153. The zero-order valence-electron chi connectivity index (χ0n) is 28.7. The van der Waals surface area contributed by atoms with Gasteiger partial charge >= 0.3 is 22.0 Å². The number of amides is 3. The van der Waals surface area contributed by atoms with Crippen LogP contribution in [0.5, 0.6) is 5.75 Å². The Morgan fingerprint density at radius 2 is 1.76 bits per heavy atom. The Kier molecular flexibility index (Phi) is 8.73. The molecule has 1 saturated heterocycles. The number of carbonyl (C=O) groups excluding carboxylic acids is 3. The fourth-order valence-corrected chi connectivity index (χ4v) is 8.90. The van der Waals surface area contributed by atoms with Gasteiger partial charge in [-0.1, -0.05) is 37.5 Å². The van der Waals surface area contributed by atoms with Crippen molar-refractivity contribution in [3.8, 4) is 5.75 Å². The second kappa shape index (κ2) is 12.7. The quantitative estimate of drug-likeness (QED) is 0.443. The first kappa shape index (κ1) is 33.6. The molecule has 13 heteroatoms. The lowest BCUT2D eigenvalue weighted by Crippen LogP contribution is -2.54. The van der Waals surface area contributed by atoms with Gasteiger partial charge in [0.2, 0.25) is 0 Å². The summed E-state index contributed by atoms with van der Waals surface area (Å²) in [5, 5.41) is 4.03. The van der Waals surface area contributed by atoms with Gasteiger partial charge in [0.05, 0.1) is 30.4 Å². The molecule has 262 valence electrons. The van der Waals surface area contributed by atoms with Gasteiger partial charge in [0, 0.05) is 56.8 Å². The van der Waals surface area contributed by atoms with Crippen LogP contribution in [0.15, 0.2) is 52.6 Å². The van der Waals surface area contributed by atoms with E-state index in [1.807, 2.05) is 32.1 Å². The molecule has 0 radical (unpaired) electrons. The molecular weight excluding hydrogens is 646 g/mol. The largest absolute Gasteiger partial charge is 0.496 e. The van der Waals surface area contributed by atoms with Crippen molar-refractivity contribution < 1.29 is 32.3 Å². The molecule has 4 atom stereocenters. The fourth-order valence-electron chi connectivity index (χ4n) is 8.38. The van der Waals surface area contributed by atoms with Crippen molar-refractivity contribution in [2.75, 3.05) is 34.3 Å². The maximum atomic E-state index is 13.7. The lowest BCUT2D eigenvalue weighted by atomic mass is 9.81. The third-order valence-electron chi connectivity index (χ3n) is 10.6. The zero-order valence-corrected chi connectivity index (χ0v) is 29.6. The molecule has 3 aliphatic carbocycles. The summed E-state index contributed by atoms with van der Waals surface area (Å²) in [7, 11) is 0.364. The van der Waals surface area contributed by atoms with Crippen molar-refractivity contribution >= 4 is 38.8 Å². The van der Waals surface area contributed by atoms with E-state index in [4.69, 9.17) is 9.47 Å². The highest BCUT2D eigenvalue weighted by molar-refractivity contribution is 7.87. The molecule has 1 aromatic carbocycles. The van der Waals surface area contributed by atoms with Crippen molar-refractivity contribution in [1.29, 1.82) is 0 Å². The fraction of sp³-hybridized carbons (Fsp3) is 0.528. The van der Waals surface area contributed by atoms with Crippen molar-refractivity contribution in [2.45, 2.75) is 89.0 Å². The van der Waals surface area contributed by atoms with Crippen LogP contribution in [0.2, 0.25) is 0 Å². The monoisotopic (exact) mass is 691 g/mol. The molecule has 5 aliphatic rings. The first-order chi connectivity index (χ1) is 23.4. The van der Waals surface area contributed by atoms with Crippen LogP contribution < -0.4 is 14.8 Å². The summed E-state index contributed by atoms with van der Waals surface area (Å²) >= 11 is 0. The molecule has 2 aliphatic heterocycles. The molecular formula is C36H45N5O7S. The number of hydrogen-bond acceptors (Lipinski definition) is 7. The van der Waals surface area contributed by atoms with E-state index >= 15 is 0 Å². The Balaban J connectivity index is 1.34. The van der Waals surface area contributed by atoms with E-state index in [1.165, 1.54) is 26.1 Å². The van der Waals surface area contributed by atoms with Gasteiger partial charge in [-0.2, -0.15) is 12.7 Å². The van der Waals surface area contributed by atoms with E-state index in [9.17, 15) is 22.8 Å². The van der Waals surface area contributed by atoms with Gasteiger partial charge in [-0.25, -0.2) is 4.72 Å². The van der Waals surface area contributed by atoms with E-state index in [0.29, 0.717) is 43.1 Å². The van der Waals surface area contributed by atoms with Crippen molar-refractivity contribution in [2.24, 2.45) is 0 Å². The van der Waals surface area contributed by atoms with Crippen LogP contribution in [0.3, 0.4) is 0 Å².